The van der Waals surface area contributed by atoms with Crippen molar-refractivity contribution in [2.24, 2.45) is 0 Å². The van der Waals surface area contributed by atoms with Crippen LogP contribution in [0.15, 0.2) is 36.4 Å². The molecule has 2 aliphatic rings. The van der Waals surface area contributed by atoms with E-state index in [1.54, 1.807) is 12.1 Å². The Bertz CT molecular complexity index is 1070. The molecule has 8 nitrogen and oxygen atoms in total. The van der Waals surface area contributed by atoms with E-state index in [0.717, 1.165) is 23.8 Å². The van der Waals surface area contributed by atoms with E-state index in [0.29, 0.717) is 17.9 Å². The lowest BCUT2D eigenvalue weighted by Gasteiger charge is -2.37. The number of hydrogen-bond acceptors (Lipinski definition) is 6. The first-order valence-electron chi connectivity index (χ1n) is 10.9. The van der Waals surface area contributed by atoms with Crippen molar-refractivity contribution < 1.29 is 37.7 Å². The standard InChI is InChI=1S/C24H26F2N2O6/c1-32-12-23(31)28-15-3-5-20-17(7-15)18-8-16(33-21(11-29)24(18)34-20)9-22(30)27-10-13-6-14(25)2-4-19(13)26/h2-7,16,18,21,24,29H,8-12H2,1H3,(H,27,30)(H,28,31)/t16-,18+,21-,24-/m1/s1. The highest BCUT2D eigenvalue weighted by molar-refractivity contribution is 5.92. The van der Waals surface area contributed by atoms with E-state index in [-0.39, 0.29) is 49.5 Å². The predicted molar refractivity (Wildman–Crippen MR) is 117 cm³/mol. The van der Waals surface area contributed by atoms with Crippen LogP contribution in [0.25, 0.3) is 0 Å². The summed E-state index contributed by atoms with van der Waals surface area (Å²) in [4.78, 5) is 24.4. The molecule has 0 aromatic heterocycles. The number of hydrogen-bond donors (Lipinski definition) is 3. The van der Waals surface area contributed by atoms with Crippen LogP contribution in [0, 0.1) is 11.6 Å². The van der Waals surface area contributed by atoms with Crippen molar-refractivity contribution in [1.29, 1.82) is 0 Å². The topological polar surface area (TPSA) is 106 Å². The minimum atomic E-state index is -0.642. The van der Waals surface area contributed by atoms with Crippen LogP contribution in [0.2, 0.25) is 0 Å². The summed E-state index contributed by atoms with van der Waals surface area (Å²) in [5, 5.41) is 15.2. The average molecular weight is 476 g/mol. The van der Waals surface area contributed by atoms with Crippen molar-refractivity contribution in [3.63, 3.8) is 0 Å². The number of nitrogens with one attached hydrogen (secondary N) is 2. The van der Waals surface area contributed by atoms with Gasteiger partial charge < -0.3 is 30.0 Å². The largest absolute Gasteiger partial charge is 0.487 e. The fourth-order valence-corrected chi connectivity index (χ4v) is 4.45. The number of benzene rings is 2. The van der Waals surface area contributed by atoms with Crippen molar-refractivity contribution in [2.75, 3.05) is 25.6 Å². The molecule has 1 saturated heterocycles. The van der Waals surface area contributed by atoms with Gasteiger partial charge in [-0.15, -0.1) is 0 Å². The second-order valence-corrected chi connectivity index (χ2v) is 8.35. The third-order valence-electron chi connectivity index (χ3n) is 5.96. The zero-order chi connectivity index (χ0) is 24.2. The van der Waals surface area contributed by atoms with Crippen molar-refractivity contribution in [3.8, 4) is 5.75 Å². The molecule has 2 aromatic rings. The molecule has 3 N–H and O–H groups in total. The Morgan fingerprint density at radius 1 is 1.18 bits per heavy atom. The van der Waals surface area contributed by atoms with Crippen LogP contribution >= 0.6 is 0 Å². The van der Waals surface area contributed by atoms with E-state index in [4.69, 9.17) is 14.2 Å². The second kappa shape index (κ2) is 10.5. The van der Waals surface area contributed by atoms with Crippen LogP contribution in [0.3, 0.4) is 0 Å². The van der Waals surface area contributed by atoms with Gasteiger partial charge in [0.2, 0.25) is 11.8 Å². The Kier molecular flexibility index (Phi) is 7.40. The van der Waals surface area contributed by atoms with Gasteiger partial charge in [0.1, 0.15) is 36.2 Å². The molecule has 2 heterocycles. The van der Waals surface area contributed by atoms with Gasteiger partial charge in [-0.25, -0.2) is 8.78 Å². The maximum Gasteiger partial charge on any atom is 0.250 e. The summed E-state index contributed by atoms with van der Waals surface area (Å²) in [7, 11) is 1.43. The van der Waals surface area contributed by atoms with Crippen LogP contribution in [0.1, 0.15) is 29.9 Å². The Morgan fingerprint density at radius 3 is 2.76 bits per heavy atom. The third-order valence-corrected chi connectivity index (χ3v) is 5.96. The SMILES string of the molecule is COCC(=O)Nc1ccc2c(c1)[C@@H]1C[C@H](CC(=O)NCc3cc(F)ccc3F)O[C@H](CO)[C@@H]1O2. The van der Waals surface area contributed by atoms with Gasteiger partial charge in [-0.2, -0.15) is 0 Å². The van der Waals surface area contributed by atoms with E-state index in [9.17, 15) is 23.5 Å². The molecule has 0 spiro atoms. The molecule has 0 saturated carbocycles. The van der Waals surface area contributed by atoms with Gasteiger partial charge in [0.15, 0.2) is 0 Å². The molecule has 0 aliphatic carbocycles. The highest BCUT2D eigenvalue weighted by Crippen LogP contribution is 2.47. The van der Waals surface area contributed by atoms with E-state index in [2.05, 4.69) is 10.6 Å². The monoisotopic (exact) mass is 476 g/mol. The lowest BCUT2D eigenvalue weighted by Crippen LogP contribution is -2.47. The zero-order valence-corrected chi connectivity index (χ0v) is 18.6. The van der Waals surface area contributed by atoms with Gasteiger partial charge >= 0.3 is 0 Å². The van der Waals surface area contributed by atoms with Gasteiger partial charge in [0.25, 0.3) is 0 Å². The van der Waals surface area contributed by atoms with Crippen LogP contribution in [-0.4, -0.2) is 55.6 Å². The molecular formula is C24H26F2N2O6. The predicted octanol–water partition coefficient (Wildman–Crippen LogP) is 2.25. The zero-order valence-electron chi connectivity index (χ0n) is 18.6. The number of methoxy groups -OCH3 is 1. The molecule has 182 valence electrons. The number of fused-ring (bicyclic) bond motifs is 3. The molecular weight excluding hydrogens is 450 g/mol. The molecule has 1 fully saturated rings. The fraction of sp³-hybridized carbons (Fsp3) is 0.417. The number of carbonyl (C=O) groups is 2. The molecule has 10 heteroatoms. The lowest BCUT2D eigenvalue weighted by molar-refractivity contribution is -0.142. The first-order valence-corrected chi connectivity index (χ1v) is 10.9. The number of aliphatic hydroxyl groups excluding tert-OH is 1. The summed E-state index contributed by atoms with van der Waals surface area (Å²) in [5.41, 5.74) is 1.49. The van der Waals surface area contributed by atoms with Gasteiger partial charge in [0, 0.05) is 36.4 Å². The molecule has 2 aliphatic heterocycles. The first-order chi connectivity index (χ1) is 16.4. The van der Waals surface area contributed by atoms with Gasteiger partial charge in [-0.05, 0) is 42.8 Å². The minimum Gasteiger partial charge on any atom is -0.487 e. The summed E-state index contributed by atoms with van der Waals surface area (Å²) in [5.74, 6) is -1.39. The van der Waals surface area contributed by atoms with E-state index in [1.165, 1.54) is 7.11 Å². The normalized spacial score (nSPS) is 22.9. The van der Waals surface area contributed by atoms with Crippen molar-refractivity contribution in [3.05, 3.63) is 59.2 Å². The van der Waals surface area contributed by atoms with Crippen molar-refractivity contribution >= 4 is 17.5 Å². The summed E-state index contributed by atoms with van der Waals surface area (Å²) < 4.78 is 43.9. The molecule has 0 radical (unpaired) electrons. The van der Waals surface area contributed by atoms with Crippen LogP contribution in [0.5, 0.6) is 5.75 Å². The fourth-order valence-electron chi connectivity index (χ4n) is 4.45. The maximum atomic E-state index is 13.8. The molecule has 0 unspecified atom stereocenters. The lowest BCUT2D eigenvalue weighted by atomic mass is 9.84. The second-order valence-electron chi connectivity index (χ2n) is 8.35. The highest BCUT2D eigenvalue weighted by atomic mass is 19.1. The Hall–Kier alpha value is -3.08. The Labute approximate surface area is 195 Å². The van der Waals surface area contributed by atoms with E-state index >= 15 is 0 Å². The number of anilines is 1. The summed E-state index contributed by atoms with van der Waals surface area (Å²) in [6.07, 6.45) is -1.15. The first kappa shape index (κ1) is 24.1. The van der Waals surface area contributed by atoms with Gasteiger partial charge in [-0.1, -0.05) is 0 Å². The number of halogens is 2. The number of carbonyl (C=O) groups excluding carboxylic acids is 2. The number of aliphatic hydroxyl groups is 1. The smallest absolute Gasteiger partial charge is 0.250 e. The third kappa shape index (κ3) is 5.35. The van der Waals surface area contributed by atoms with Gasteiger partial charge in [0.05, 0.1) is 19.1 Å². The number of rotatable bonds is 8. The highest BCUT2D eigenvalue weighted by Gasteiger charge is 2.46. The average Bonchev–Trinajstić information content (AvgIpc) is 3.17. The number of amides is 2. The minimum absolute atomic E-state index is 0.0176. The summed E-state index contributed by atoms with van der Waals surface area (Å²) in [6.45, 7) is -0.517. The van der Waals surface area contributed by atoms with Crippen LogP contribution < -0.4 is 15.4 Å². The quantitative estimate of drug-likeness (QED) is 0.540. The summed E-state index contributed by atoms with van der Waals surface area (Å²) >= 11 is 0. The van der Waals surface area contributed by atoms with E-state index < -0.39 is 29.9 Å². The van der Waals surface area contributed by atoms with Crippen LogP contribution in [0.4, 0.5) is 14.5 Å². The molecule has 2 aromatic carbocycles. The Balaban J connectivity index is 1.42. The van der Waals surface area contributed by atoms with Crippen LogP contribution in [-0.2, 0) is 25.6 Å². The molecule has 34 heavy (non-hydrogen) atoms. The maximum absolute atomic E-state index is 13.8. The molecule has 0 bridgehead atoms. The molecule has 4 rings (SSSR count). The Morgan fingerprint density at radius 2 is 2.00 bits per heavy atom. The molecule has 2 amide bonds. The molecule has 4 atom stereocenters. The van der Waals surface area contributed by atoms with Crippen molar-refractivity contribution in [1.82, 2.24) is 5.32 Å². The van der Waals surface area contributed by atoms with E-state index in [1.807, 2.05) is 6.07 Å². The summed E-state index contributed by atoms with van der Waals surface area (Å²) in [6, 6.07) is 8.34. The number of ether oxygens (including phenoxy) is 3. The van der Waals surface area contributed by atoms with Gasteiger partial charge in [-0.3, -0.25) is 9.59 Å². The van der Waals surface area contributed by atoms with Crippen molar-refractivity contribution in [2.45, 2.75) is 43.6 Å².